The average molecular weight is 469 g/mol. The molecule has 0 bridgehead atoms. The van der Waals surface area contributed by atoms with Gasteiger partial charge in [-0.1, -0.05) is 60.3 Å². The second-order valence-corrected chi connectivity index (χ2v) is 7.95. The Kier molecular flexibility index (Phi) is 6.74. The molecule has 1 amide bonds. The van der Waals surface area contributed by atoms with Crippen LogP contribution >= 0.6 is 11.8 Å². The first-order valence-electron chi connectivity index (χ1n) is 9.88. The average Bonchev–Trinajstić information content (AvgIpc) is 3.21. The highest BCUT2D eigenvalue weighted by Crippen LogP contribution is 2.31. The normalized spacial score (nSPS) is 11.4. The highest BCUT2D eigenvalue weighted by atomic mass is 32.2. The molecule has 0 spiro atoms. The molecule has 0 radical (unpaired) electrons. The number of amides is 1. The molecule has 1 N–H and O–H groups in total. The van der Waals surface area contributed by atoms with Gasteiger partial charge in [-0.05, 0) is 29.8 Å². The minimum atomic E-state index is -4.58. The fourth-order valence-corrected chi connectivity index (χ4v) is 3.83. The number of pyridine rings is 1. The predicted molar refractivity (Wildman–Crippen MR) is 120 cm³/mol. The maximum absolute atomic E-state index is 13.2. The number of hydrogen-bond acceptors (Lipinski definition) is 5. The number of alkyl halides is 3. The van der Waals surface area contributed by atoms with Gasteiger partial charge in [-0.2, -0.15) is 13.2 Å². The first-order valence-corrected chi connectivity index (χ1v) is 10.9. The number of benzene rings is 2. The molecule has 0 aliphatic rings. The van der Waals surface area contributed by atoms with Gasteiger partial charge in [-0.15, -0.1) is 10.2 Å². The Morgan fingerprint density at radius 3 is 2.36 bits per heavy atom. The van der Waals surface area contributed by atoms with E-state index >= 15 is 0 Å². The van der Waals surface area contributed by atoms with Crippen LogP contribution in [0.25, 0.3) is 11.4 Å². The Morgan fingerprint density at radius 2 is 1.67 bits per heavy atom. The van der Waals surface area contributed by atoms with Crippen LogP contribution in [0.5, 0.6) is 0 Å². The number of para-hydroxylation sites is 1. The number of rotatable bonds is 7. The van der Waals surface area contributed by atoms with Crippen LogP contribution in [0.2, 0.25) is 0 Å². The molecular weight excluding hydrogens is 451 g/mol. The van der Waals surface area contributed by atoms with Crippen LogP contribution < -0.4 is 5.32 Å². The third-order valence-corrected chi connectivity index (χ3v) is 5.57. The summed E-state index contributed by atoms with van der Waals surface area (Å²) >= 11 is 1.16. The van der Waals surface area contributed by atoms with E-state index in [4.69, 9.17) is 0 Å². The lowest BCUT2D eigenvalue weighted by Crippen LogP contribution is -2.14. The summed E-state index contributed by atoms with van der Waals surface area (Å²) in [4.78, 5) is 15.8. The molecule has 0 saturated carbocycles. The van der Waals surface area contributed by atoms with Gasteiger partial charge in [-0.3, -0.25) is 14.3 Å². The van der Waals surface area contributed by atoms with Crippen molar-refractivity contribution in [3.8, 4) is 11.4 Å². The minimum absolute atomic E-state index is 0.0615. The van der Waals surface area contributed by atoms with Crippen molar-refractivity contribution in [3.05, 3.63) is 90.3 Å². The number of thioether (sulfide) groups is 1. The molecule has 33 heavy (non-hydrogen) atoms. The largest absolute Gasteiger partial charge is 0.433 e. The maximum atomic E-state index is 13.2. The second kappa shape index (κ2) is 9.86. The summed E-state index contributed by atoms with van der Waals surface area (Å²) < 4.78 is 41.2. The number of carbonyl (C=O) groups excluding carboxylic acids is 1. The molecule has 0 atom stereocenters. The summed E-state index contributed by atoms with van der Waals surface area (Å²) in [5, 5.41) is 11.5. The lowest BCUT2D eigenvalue weighted by atomic mass is 10.2. The summed E-state index contributed by atoms with van der Waals surface area (Å²) in [6.45, 7) is 0.329. The lowest BCUT2D eigenvalue weighted by Gasteiger charge is -2.12. The summed E-state index contributed by atoms with van der Waals surface area (Å²) in [5.74, 6) is 0.0920. The molecule has 168 valence electrons. The van der Waals surface area contributed by atoms with Gasteiger partial charge in [0, 0.05) is 17.4 Å². The molecule has 0 aliphatic carbocycles. The van der Waals surface area contributed by atoms with Crippen molar-refractivity contribution in [2.24, 2.45) is 0 Å². The molecule has 4 aromatic rings. The Balaban J connectivity index is 1.61. The van der Waals surface area contributed by atoms with Crippen LogP contribution in [-0.2, 0) is 17.5 Å². The monoisotopic (exact) mass is 469 g/mol. The number of hydrogen-bond donors (Lipinski definition) is 1. The van der Waals surface area contributed by atoms with Gasteiger partial charge < -0.3 is 5.32 Å². The van der Waals surface area contributed by atoms with Crippen molar-refractivity contribution < 1.29 is 18.0 Å². The van der Waals surface area contributed by atoms with Crippen molar-refractivity contribution in [2.75, 3.05) is 11.1 Å². The van der Waals surface area contributed by atoms with Crippen molar-refractivity contribution in [1.29, 1.82) is 0 Å². The zero-order valence-corrected chi connectivity index (χ0v) is 18.0. The van der Waals surface area contributed by atoms with E-state index in [2.05, 4.69) is 20.5 Å². The van der Waals surface area contributed by atoms with E-state index in [1.807, 2.05) is 48.5 Å². The maximum Gasteiger partial charge on any atom is 0.433 e. The molecule has 4 rings (SSSR count). The Labute approximate surface area is 191 Å². The SMILES string of the molecule is O=C(CSc1nnc(-c2ccnc(C(F)(F)F)c2)n1Cc1ccccc1)Nc1ccccc1. The number of anilines is 1. The van der Waals surface area contributed by atoms with Crippen LogP contribution in [0.15, 0.2) is 84.1 Å². The summed E-state index contributed by atoms with van der Waals surface area (Å²) in [7, 11) is 0. The van der Waals surface area contributed by atoms with Crippen molar-refractivity contribution >= 4 is 23.4 Å². The molecule has 0 saturated heterocycles. The molecule has 2 aromatic carbocycles. The minimum Gasteiger partial charge on any atom is -0.325 e. The number of nitrogens with one attached hydrogen (secondary N) is 1. The third-order valence-electron chi connectivity index (χ3n) is 4.60. The number of halogens is 3. The molecule has 0 aliphatic heterocycles. The van der Waals surface area contributed by atoms with E-state index in [-0.39, 0.29) is 23.0 Å². The van der Waals surface area contributed by atoms with E-state index in [9.17, 15) is 18.0 Å². The van der Waals surface area contributed by atoms with Crippen LogP contribution in [0, 0.1) is 0 Å². The van der Waals surface area contributed by atoms with Crippen molar-refractivity contribution in [2.45, 2.75) is 17.9 Å². The second-order valence-electron chi connectivity index (χ2n) is 7.01. The molecule has 2 aromatic heterocycles. The van der Waals surface area contributed by atoms with Gasteiger partial charge in [0.15, 0.2) is 11.0 Å². The van der Waals surface area contributed by atoms with Crippen LogP contribution in [0.3, 0.4) is 0 Å². The highest BCUT2D eigenvalue weighted by molar-refractivity contribution is 7.99. The van der Waals surface area contributed by atoms with Gasteiger partial charge in [-0.25, -0.2) is 0 Å². The molecule has 0 fully saturated rings. The molecule has 0 unspecified atom stereocenters. The summed E-state index contributed by atoms with van der Waals surface area (Å²) in [6.07, 6.45) is -3.48. The zero-order valence-electron chi connectivity index (χ0n) is 17.2. The molecule has 2 heterocycles. The summed E-state index contributed by atoms with van der Waals surface area (Å²) in [6, 6.07) is 20.8. The van der Waals surface area contributed by atoms with Crippen LogP contribution in [0.4, 0.5) is 18.9 Å². The van der Waals surface area contributed by atoms with E-state index in [0.717, 1.165) is 29.6 Å². The number of carbonyl (C=O) groups is 1. The van der Waals surface area contributed by atoms with Gasteiger partial charge in [0.2, 0.25) is 5.91 Å². The van der Waals surface area contributed by atoms with E-state index < -0.39 is 11.9 Å². The zero-order chi connectivity index (χ0) is 23.3. The van der Waals surface area contributed by atoms with Crippen LogP contribution in [0.1, 0.15) is 11.3 Å². The van der Waals surface area contributed by atoms with E-state index in [1.165, 1.54) is 6.07 Å². The van der Waals surface area contributed by atoms with Crippen molar-refractivity contribution in [3.63, 3.8) is 0 Å². The highest BCUT2D eigenvalue weighted by Gasteiger charge is 2.33. The summed E-state index contributed by atoms with van der Waals surface area (Å²) in [5.41, 5.74) is 0.817. The van der Waals surface area contributed by atoms with Gasteiger partial charge >= 0.3 is 6.18 Å². The van der Waals surface area contributed by atoms with Crippen LogP contribution in [-0.4, -0.2) is 31.4 Å². The Hall–Kier alpha value is -3.66. The smallest absolute Gasteiger partial charge is 0.325 e. The molecule has 10 heteroatoms. The van der Waals surface area contributed by atoms with E-state index in [0.29, 0.717) is 17.4 Å². The third kappa shape index (κ3) is 5.78. The van der Waals surface area contributed by atoms with Crippen molar-refractivity contribution in [1.82, 2.24) is 19.7 Å². The topological polar surface area (TPSA) is 72.7 Å². The van der Waals surface area contributed by atoms with Gasteiger partial charge in [0.05, 0.1) is 12.3 Å². The predicted octanol–water partition coefficient (Wildman–Crippen LogP) is 5.14. The fourth-order valence-electron chi connectivity index (χ4n) is 3.09. The van der Waals surface area contributed by atoms with Gasteiger partial charge in [0.25, 0.3) is 0 Å². The molecule has 6 nitrogen and oxygen atoms in total. The Morgan fingerprint density at radius 1 is 0.970 bits per heavy atom. The quantitative estimate of drug-likeness (QED) is 0.380. The Bertz CT molecular complexity index is 1230. The first kappa shape index (κ1) is 22.5. The first-order chi connectivity index (χ1) is 15.9. The van der Waals surface area contributed by atoms with Gasteiger partial charge in [0.1, 0.15) is 5.69 Å². The fraction of sp³-hybridized carbons (Fsp3) is 0.130. The number of nitrogens with zero attached hydrogens (tertiary/aromatic N) is 4. The molecular formula is C23H18F3N5OS. The number of aromatic nitrogens is 4. The standard InChI is InChI=1S/C23H18F3N5OS/c24-23(25,26)19-13-17(11-12-27-19)21-29-30-22(31(21)14-16-7-3-1-4-8-16)33-15-20(32)28-18-9-5-2-6-10-18/h1-13H,14-15H2,(H,28,32). The van der Waals surface area contributed by atoms with E-state index in [1.54, 1.807) is 16.7 Å². The lowest BCUT2D eigenvalue weighted by molar-refractivity contribution is -0.141.